The molecule has 3 heteroatoms. The van der Waals surface area contributed by atoms with Gasteiger partial charge in [-0.25, -0.2) is 4.39 Å². The van der Waals surface area contributed by atoms with Gasteiger partial charge < -0.3 is 5.32 Å². The third-order valence-electron chi connectivity index (χ3n) is 4.00. The molecule has 2 rings (SSSR count). The maximum Gasteiger partial charge on any atom is 0.124 e. The second-order valence-corrected chi connectivity index (χ2v) is 6.03. The molecule has 0 aliphatic heterocycles. The van der Waals surface area contributed by atoms with Crippen molar-refractivity contribution >= 4 is 15.9 Å². The first kappa shape index (κ1) is 14.0. The zero-order chi connectivity index (χ0) is 13.0. The van der Waals surface area contributed by atoms with Gasteiger partial charge in [-0.1, -0.05) is 48.2 Å². The highest BCUT2D eigenvalue weighted by Gasteiger charge is 2.22. The number of hydrogen-bond donors (Lipinski definition) is 1. The van der Waals surface area contributed by atoms with E-state index in [0.717, 1.165) is 22.5 Å². The maximum atomic E-state index is 13.0. The molecule has 0 spiro atoms. The normalized spacial score (nSPS) is 24.2. The van der Waals surface area contributed by atoms with Crippen molar-refractivity contribution in [3.8, 4) is 0 Å². The Balaban J connectivity index is 1.93. The van der Waals surface area contributed by atoms with E-state index < -0.39 is 0 Å². The number of halogens is 2. The van der Waals surface area contributed by atoms with Gasteiger partial charge in [0.2, 0.25) is 0 Å². The topological polar surface area (TPSA) is 12.0 Å². The van der Waals surface area contributed by atoms with Crippen molar-refractivity contribution in [3.63, 3.8) is 0 Å². The molecule has 2 unspecified atom stereocenters. The highest BCUT2D eigenvalue weighted by molar-refractivity contribution is 9.10. The molecule has 0 radical (unpaired) electrons. The first-order valence-corrected chi connectivity index (χ1v) is 7.67. The fraction of sp³-hybridized carbons (Fsp3) is 0.600. The molecule has 0 saturated heterocycles. The largest absolute Gasteiger partial charge is 0.310 e. The average Bonchev–Trinajstić information content (AvgIpc) is 2.38. The molecule has 18 heavy (non-hydrogen) atoms. The van der Waals surface area contributed by atoms with Crippen LogP contribution in [0.4, 0.5) is 4.39 Å². The highest BCUT2D eigenvalue weighted by atomic mass is 79.9. The first-order valence-electron chi connectivity index (χ1n) is 6.88. The maximum absolute atomic E-state index is 13.0. The summed E-state index contributed by atoms with van der Waals surface area (Å²) < 4.78 is 13.9. The van der Waals surface area contributed by atoms with E-state index in [-0.39, 0.29) is 5.82 Å². The predicted molar refractivity (Wildman–Crippen MR) is 77.0 cm³/mol. The van der Waals surface area contributed by atoms with Gasteiger partial charge in [-0.2, -0.15) is 0 Å². The molecule has 1 aromatic rings. The lowest BCUT2D eigenvalue weighted by atomic mass is 9.83. The van der Waals surface area contributed by atoms with Crippen LogP contribution in [0.5, 0.6) is 0 Å². The molecule has 0 aromatic heterocycles. The summed E-state index contributed by atoms with van der Waals surface area (Å²) in [6.07, 6.45) is 6.58. The van der Waals surface area contributed by atoms with E-state index in [9.17, 15) is 4.39 Å². The second kappa shape index (κ2) is 6.67. The Kier molecular flexibility index (Phi) is 5.19. The Hall–Kier alpha value is -0.410. The van der Waals surface area contributed by atoms with Gasteiger partial charge in [0.25, 0.3) is 0 Å². The van der Waals surface area contributed by atoms with E-state index in [4.69, 9.17) is 0 Å². The Labute approximate surface area is 117 Å². The summed E-state index contributed by atoms with van der Waals surface area (Å²) in [4.78, 5) is 0. The van der Waals surface area contributed by atoms with Crippen molar-refractivity contribution < 1.29 is 4.39 Å². The van der Waals surface area contributed by atoms with E-state index in [1.807, 2.05) is 6.07 Å². The molecule has 1 aromatic carbocycles. The monoisotopic (exact) mass is 313 g/mol. The van der Waals surface area contributed by atoms with Crippen LogP contribution in [0.25, 0.3) is 0 Å². The second-order valence-electron chi connectivity index (χ2n) is 5.18. The van der Waals surface area contributed by atoms with Crippen LogP contribution in [0, 0.1) is 11.7 Å². The number of benzene rings is 1. The molecule has 1 aliphatic carbocycles. The molecule has 1 fully saturated rings. The van der Waals surface area contributed by atoms with Crippen LogP contribution in [0.3, 0.4) is 0 Å². The molecule has 1 aliphatic rings. The van der Waals surface area contributed by atoms with E-state index in [1.165, 1.54) is 44.2 Å². The minimum absolute atomic E-state index is 0.185. The van der Waals surface area contributed by atoms with Crippen molar-refractivity contribution in [2.45, 2.75) is 51.6 Å². The fourth-order valence-electron chi connectivity index (χ4n) is 2.87. The summed E-state index contributed by atoms with van der Waals surface area (Å²) in [5, 5.41) is 3.65. The number of hydrogen-bond acceptors (Lipinski definition) is 1. The van der Waals surface area contributed by atoms with Crippen molar-refractivity contribution in [2.75, 3.05) is 0 Å². The van der Waals surface area contributed by atoms with Gasteiger partial charge >= 0.3 is 0 Å². The zero-order valence-electron chi connectivity index (χ0n) is 10.9. The molecule has 1 saturated carbocycles. The third-order valence-corrected chi connectivity index (χ3v) is 4.74. The van der Waals surface area contributed by atoms with Crippen LogP contribution in [0.15, 0.2) is 22.7 Å². The lowest BCUT2D eigenvalue weighted by Crippen LogP contribution is -2.37. The summed E-state index contributed by atoms with van der Waals surface area (Å²) in [5.41, 5.74) is 1.14. The standard InChI is InChI=1S/C15H21BrFN/c1-2-11-5-3-4-6-15(11)18-10-12-7-8-13(17)9-14(12)16/h7-9,11,15,18H,2-6,10H2,1H3. The first-order chi connectivity index (χ1) is 8.70. The van der Waals surface area contributed by atoms with Gasteiger partial charge in [0.1, 0.15) is 5.82 Å². The van der Waals surface area contributed by atoms with Crippen LogP contribution >= 0.6 is 15.9 Å². The number of rotatable bonds is 4. The minimum Gasteiger partial charge on any atom is -0.310 e. The van der Waals surface area contributed by atoms with Crippen LogP contribution in [0.1, 0.15) is 44.6 Å². The van der Waals surface area contributed by atoms with Crippen LogP contribution < -0.4 is 5.32 Å². The predicted octanol–water partition coefficient (Wildman–Crippen LogP) is 4.65. The van der Waals surface area contributed by atoms with Crippen molar-refractivity contribution in [2.24, 2.45) is 5.92 Å². The van der Waals surface area contributed by atoms with Crippen molar-refractivity contribution in [1.82, 2.24) is 5.32 Å². The summed E-state index contributed by atoms with van der Waals surface area (Å²) in [7, 11) is 0. The molecular weight excluding hydrogens is 293 g/mol. The third kappa shape index (κ3) is 3.55. The smallest absolute Gasteiger partial charge is 0.124 e. The van der Waals surface area contributed by atoms with Crippen LogP contribution in [0.2, 0.25) is 0 Å². The zero-order valence-corrected chi connectivity index (χ0v) is 12.5. The lowest BCUT2D eigenvalue weighted by Gasteiger charge is -2.31. The van der Waals surface area contributed by atoms with Crippen LogP contribution in [-0.4, -0.2) is 6.04 Å². The van der Waals surface area contributed by atoms with Crippen molar-refractivity contribution in [1.29, 1.82) is 0 Å². The molecule has 2 atom stereocenters. The molecule has 100 valence electrons. The molecule has 1 nitrogen and oxygen atoms in total. The summed E-state index contributed by atoms with van der Waals surface area (Å²) >= 11 is 3.42. The lowest BCUT2D eigenvalue weighted by molar-refractivity contribution is 0.254. The van der Waals surface area contributed by atoms with Gasteiger partial charge in [-0.3, -0.25) is 0 Å². The molecule has 1 N–H and O–H groups in total. The summed E-state index contributed by atoms with van der Waals surface area (Å²) in [6.45, 7) is 3.10. The fourth-order valence-corrected chi connectivity index (χ4v) is 3.36. The van der Waals surface area contributed by atoms with E-state index in [1.54, 1.807) is 0 Å². The van der Waals surface area contributed by atoms with Gasteiger partial charge in [-0.05, 0) is 36.5 Å². The number of nitrogens with one attached hydrogen (secondary N) is 1. The molecule has 0 heterocycles. The molecule has 0 bridgehead atoms. The van der Waals surface area contributed by atoms with Crippen molar-refractivity contribution in [3.05, 3.63) is 34.1 Å². The Morgan fingerprint density at radius 3 is 2.83 bits per heavy atom. The average molecular weight is 314 g/mol. The summed E-state index contributed by atoms with van der Waals surface area (Å²) in [6, 6.07) is 5.55. The molecule has 0 amide bonds. The van der Waals surface area contributed by atoms with E-state index in [2.05, 4.69) is 28.2 Å². The minimum atomic E-state index is -0.185. The highest BCUT2D eigenvalue weighted by Crippen LogP contribution is 2.27. The van der Waals surface area contributed by atoms with Crippen LogP contribution in [-0.2, 0) is 6.54 Å². The Bertz CT molecular complexity index is 394. The van der Waals surface area contributed by atoms with E-state index >= 15 is 0 Å². The van der Waals surface area contributed by atoms with Gasteiger partial charge in [0.05, 0.1) is 0 Å². The Morgan fingerprint density at radius 2 is 2.11 bits per heavy atom. The Morgan fingerprint density at radius 1 is 1.33 bits per heavy atom. The SMILES string of the molecule is CCC1CCCCC1NCc1ccc(F)cc1Br. The van der Waals surface area contributed by atoms with Gasteiger partial charge in [-0.15, -0.1) is 0 Å². The van der Waals surface area contributed by atoms with E-state index in [0.29, 0.717) is 6.04 Å². The van der Waals surface area contributed by atoms with Gasteiger partial charge in [0.15, 0.2) is 0 Å². The van der Waals surface area contributed by atoms with Gasteiger partial charge in [0, 0.05) is 17.1 Å². The summed E-state index contributed by atoms with van der Waals surface area (Å²) in [5.74, 6) is 0.618. The molecular formula is C15H21BrFN. The quantitative estimate of drug-likeness (QED) is 0.853.